The molecule has 0 saturated carbocycles. The van der Waals surface area contributed by atoms with Crippen molar-refractivity contribution >= 4 is 5.91 Å². The molecule has 0 aliphatic carbocycles. The Labute approximate surface area is 136 Å². The van der Waals surface area contributed by atoms with Crippen LogP contribution in [0.5, 0.6) is 5.75 Å². The zero-order valence-electron chi connectivity index (χ0n) is 14.0. The fraction of sp³-hybridized carbons (Fsp3) is 0.471. The molecular weight excluding hydrogens is 292 g/mol. The molecule has 124 valence electrons. The minimum Gasteiger partial charge on any atom is -0.496 e. The van der Waals surface area contributed by atoms with E-state index in [9.17, 15) is 4.79 Å². The normalized spacial score (nSPS) is 12.0. The van der Waals surface area contributed by atoms with Gasteiger partial charge >= 0.3 is 0 Å². The van der Waals surface area contributed by atoms with Crippen molar-refractivity contribution in [3.63, 3.8) is 0 Å². The summed E-state index contributed by atoms with van der Waals surface area (Å²) < 4.78 is 7.21. The molecule has 2 aromatic rings. The van der Waals surface area contributed by atoms with Crippen LogP contribution >= 0.6 is 0 Å². The van der Waals surface area contributed by atoms with Crippen LogP contribution in [-0.4, -0.2) is 34.3 Å². The third-order valence-corrected chi connectivity index (χ3v) is 3.77. The minimum atomic E-state index is 0.0644. The van der Waals surface area contributed by atoms with Gasteiger partial charge in [-0.05, 0) is 24.0 Å². The van der Waals surface area contributed by atoms with Crippen molar-refractivity contribution in [3.8, 4) is 5.75 Å². The van der Waals surface area contributed by atoms with Gasteiger partial charge in [0.1, 0.15) is 17.9 Å². The van der Waals surface area contributed by atoms with E-state index in [1.54, 1.807) is 13.4 Å². The van der Waals surface area contributed by atoms with Gasteiger partial charge in [-0.1, -0.05) is 25.1 Å². The van der Waals surface area contributed by atoms with Gasteiger partial charge in [-0.15, -0.1) is 10.2 Å². The number of hydrogen-bond acceptors (Lipinski definition) is 4. The van der Waals surface area contributed by atoms with E-state index in [0.717, 1.165) is 23.6 Å². The van der Waals surface area contributed by atoms with Gasteiger partial charge in [0, 0.05) is 26.4 Å². The Morgan fingerprint density at radius 2 is 2.17 bits per heavy atom. The molecule has 0 radical (unpaired) electrons. The Morgan fingerprint density at radius 3 is 2.87 bits per heavy atom. The SMILES string of the molecule is COc1ccccc1C[C@@H](C)CC(=O)NCCc1nncn1C. The largest absolute Gasteiger partial charge is 0.496 e. The van der Waals surface area contributed by atoms with Crippen LogP contribution in [0.15, 0.2) is 30.6 Å². The summed E-state index contributed by atoms with van der Waals surface area (Å²) in [6.45, 7) is 2.65. The number of hydrogen-bond donors (Lipinski definition) is 1. The van der Waals surface area contributed by atoms with E-state index < -0.39 is 0 Å². The molecule has 1 heterocycles. The van der Waals surface area contributed by atoms with Gasteiger partial charge in [-0.2, -0.15) is 0 Å². The fourth-order valence-electron chi connectivity index (χ4n) is 2.56. The van der Waals surface area contributed by atoms with E-state index in [-0.39, 0.29) is 11.8 Å². The average Bonchev–Trinajstić information content (AvgIpc) is 2.93. The van der Waals surface area contributed by atoms with Crippen LogP contribution in [0.25, 0.3) is 0 Å². The predicted octanol–water partition coefficient (Wildman–Crippen LogP) is 1.75. The molecule has 1 amide bonds. The molecule has 1 N–H and O–H groups in total. The molecule has 0 spiro atoms. The van der Waals surface area contributed by atoms with E-state index in [4.69, 9.17) is 4.74 Å². The van der Waals surface area contributed by atoms with Crippen LogP contribution in [0.4, 0.5) is 0 Å². The molecular formula is C17H24N4O2. The number of benzene rings is 1. The third-order valence-electron chi connectivity index (χ3n) is 3.77. The molecule has 6 heteroatoms. The summed E-state index contributed by atoms with van der Waals surface area (Å²) in [7, 11) is 3.56. The summed E-state index contributed by atoms with van der Waals surface area (Å²) in [5, 5.41) is 10.8. The molecule has 2 rings (SSSR count). The molecule has 0 saturated heterocycles. The lowest BCUT2D eigenvalue weighted by atomic mass is 9.97. The second kappa shape index (κ2) is 8.31. The molecule has 1 atom stereocenters. The number of carbonyl (C=O) groups is 1. The first kappa shape index (κ1) is 17.0. The zero-order valence-corrected chi connectivity index (χ0v) is 14.0. The van der Waals surface area contributed by atoms with E-state index >= 15 is 0 Å². The van der Waals surface area contributed by atoms with Crippen LogP contribution < -0.4 is 10.1 Å². The standard InChI is InChI=1S/C17H24N4O2/c1-13(10-14-6-4-5-7-15(14)23-3)11-17(22)18-9-8-16-20-19-12-21(16)2/h4-7,12-13H,8-11H2,1-3H3,(H,18,22)/t13-/m1/s1. The van der Waals surface area contributed by atoms with Crippen LogP contribution in [0.1, 0.15) is 24.7 Å². The highest BCUT2D eigenvalue weighted by atomic mass is 16.5. The van der Waals surface area contributed by atoms with E-state index in [1.165, 1.54) is 0 Å². The molecule has 6 nitrogen and oxygen atoms in total. The van der Waals surface area contributed by atoms with Gasteiger partial charge in [0.05, 0.1) is 7.11 Å². The topological polar surface area (TPSA) is 69.0 Å². The lowest BCUT2D eigenvalue weighted by molar-refractivity contribution is -0.121. The maximum absolute atomic E-state index is 12.0. The van der Waals surface area contributed by atoms with Crippen LogP contribution in [0.3, 0.4) is 0 Å². The number of ether oxygens (including phenoxy) is 1. The highest BCUT2D eigenvalue weighted by Gasteiger charge is 2.12. The van der Waals surface area contributed by atoms with Crippen molar-refractivity contribution < 1.29 is 9.53 Å². The maximum Gasteiger partial charge on any atom is 0.220 e. The Morgan fingerprint density at radius 1 is 1.39 bits per heavy atom. The van der Waals surface area contributed by atoms with Crippen molar-refractivity contribution in [1.29, 1.82) is 0 Å². The molecule has 23 heavy (non-hydrogen) atoms. The predicted molar refractivity (Wildman–Crippen MR) is 88.2 cm³/mol. The lowest BCUT2D eigenvalue weighted by Crippen LogP contribution is -2.28. The highest BCUT2D eigenvalue weighted by Crippen LogP contribution is 2.21. The van der Waals surface area contributed by atoms with E-state index in [2.05, 4.69) is 22.4 Å². The second-order valence-electron chi connectivity index (χ2n) is 5.78. The Bertz CT molecular complexity index is 639. The summed E-state index contributed by atoms with van der Waals surface area (Å²) in [5.74, 6) is 2.06. The fourth-order valence-corrected chi connectivity index (χ4v) is 2.56. The molecule has 0 aliphatic heterocycles. The molecule has 0 aliphatic rings. The molecule has 1 aromatic heterocycles. The van der Waals surface area contributed by atoms with Crippen LogP contribution in [-0.2, 0) is 24.7 Å². The Balaban J connectivity index is 1.75. The number of aromatic nitrogens is 3. The second-order valence-corrected chi connectivity index (χ2v) is 5.78. The number of rotatable bonds is 8. The number of carbonyl (C=O) groups excluding carboxylic acids is 1. The molecule has 1 aromatic carbocycles. The summed E-state index contributed by atoms with van der Waals surface area (Å²) >= 11 is 0. The van der Waals surface area contributed by atoms with Crippen molar-refractivity contribution in [2.75, 3.05) is 13.7 Å². The summed E-state index contributed by atoms with van der Waals surface area (Å²) in [6, 6.07) is 7.93. The average molecular weight is 316 g/mol. The number of nitrogens with one attached hydrogen (secondary N) is 1. The number of methoxy groups -OCH3 is 1. The number of amides is 1. The molecule has 0 fully saturated rings. The quantitative estimate of drug-likeness (QED) is 0.805. The summed E-state index contributed by atoms with van der Waals surface area (Å²) in [4.78, 5) is 12.0. The summed E-state index contributed by atoms with van der Waals surface area (Å²) in [6.07, 6.45) is 3.66. The summed E-state index contributed by atoms with van der Waals surface area (Å²) in [5.41, 5.74) is 1.13. The van der Waals surface area contributed by atoms with Crippen molar-refractivity contribution in [1.82, 2.24) is 20.1 Å². The van der Waals surface area contributed by atoms with Crippen LogP contribution in [0, 0.1) is 5.92 Å². The van der Waals surface area contributed by atoms with Crippen LogP contribution in [0.2, 0.25) is 0 Å². The van der Waals surface area contributed by atoms with Crippen molar-refractivity contribution in [2.24, 2.45) is 13.0 Å². The first-order valence-electron chi connectivity index (χ1n) is 7.81. The van der Waals surface area contributed by atoms with Crippen molar-refractivity contribution in [2.45, 2.75) is 26.2 Å². The van der Waals surface area contributed by atoms with Gasteiger partial charge in [0.15, 0.2) is 0 Å². The molecule has 0 unspecified atom stereocenters. The Hall–Kier alpha value is -2.37. The highest BCUT2D eigenvalue weighted by molar-refractivity contribution is 5.76. The van der Waals surface area contributed by atoms with E-state index in [1.807, 2.05) is 35.9 Å². The monoisotopic (exact) mass is 316 g/mol. The first-order valence-corrected chi connectivity index (χ1v) is 7.81. The smallest absolute Gasteiger partial charge is 0.220 e. The lowest BCUT2D eigenvalue weighted by Gasteiger charge is -2.14. The van der Waals surface area contributed by atoms with Gasteiger partial charge in [-0.3, -0.25) is 4.79 Å². The Kier molecular flexibility index (Phi) is 6.14. The number of nitrogens with zero attached hydrogens (tertiary/aromatic N) is 3. The van der Waals surface area contributed by atoms with Crippen molar-refractivity contribution in [3.05, 3.63) is 42.0 Å². The van der Waals surface area contributed by atoms with Gasteiger partial charge < -0.3 is 14.6 Å². The van der Waals surface area contributed by atoms with Gasteiger partial charge in [0.25, 0.3) is 0 Å². The van der Waals surface area contributed by atoms with Gasteiger partial charge in [0.2, 0.25) is 5.91 Å². The van der Waals surface area contributed by atoms with E-state index in [0.29, 0.717) is 19.4 Å². The third kappa shape index (κ3) is 5.09. The first-order chi connectivity index (χ1) is 11.1. The maximum atomic E-state index is 12.0. The minimum absolute atomic E-state index is 0.0644. The number of aryl methyl sites for hydroxylation is 1. The van der Waals surface area contributed by atoms with Gasteiger partial charge in [-0.25, -0.2) is 0 Å². The molecule has 0 bridgehead atoms. The zero-order chi connectivity index (χ0) is 16.7. The number of para-hydroxylation sites is 1.